The fraction of sp³-hybridized carbons (Fsp3) is 0.160. The summed E-state index contributed by atoms with van der Waals surface area (Å²) in [5, 5.41) is 11.0. The van der Waals surface area contributed by atoms with E-state index in [1.165, 1.54) is 7.11 Å². The first-order valence-corrected chi connectivity index (χ1v) is 12.2. The van der Waals surface area contributed by atoms with Crippen LogP contribution < -0.4 is 14.8 Å². The standard InChI is InChI=1S/C25H20ClF3N4O3S/c1-35-21-12-7-16(26)13-20(21)23-31-32-24(37-14-22(34)30-15-25(27,28)29)33(23)17-8-10-19(11-9-17)36-18-5-3-2-4-6-18/h2-13H,14-15H2,1H3,(H,30,34). The summed E-state index contributed by atoms with van der Waals surface area (Å²) in [6.07, 6.45) is -4.50. The molecule has 0 aliphatic heterocycles. The van der Waals surface area contributed by atoms with Gasteiger partial charge in [-0.05, 0) is 54.6 Å². The SMILES string of the molecule is COc1ccc(Cl)cc1-c1nnc(SCC(=O)NCC(F)(F)F)n1-c1ccc(Oc2ccccc2)cc1. The van der Waals surface area contributed by atoms with Crippen molar-refractivity contribution in [1.29, 1.82) is 0 Å². The molecule has 4 aromatic rings. The second-order valence-electron chi connectivity index (χ2n) is 7.58. The van der Waals surface area contributed by atoms with Crippen LogP contribution in [-0.2, 0) is 4.79 Å². The summed E-state index contributed by atoms with van der Waals surface area (Å²) in [5.41, 5.74) is 1.17. The number of ether oxygens (including phenoxy) is 2. The van der Waals surface area contributed by atoms with E-state index >= 15 is 0 Å². The molecule has 1 heterocycles. The van der Waals surface area contributed by atoms with E-state index in [0.717, 1.165) is 11.8 Å². The molecule has 0 saturated carbocycles. The number of nitrogens with zero attached hydrogens (tertiary/aromatic N) is 3. The Kier molecular flexibility index (Phi) is 8.24. The normalized spacial score (nSPS) is 11.3. The van der Waals surface area contributed by atoms with Crippen molar-refractivity contribution in [2.45, 2.75) is 11.3 Å². The zero-order chi connectivity index (χ0) is 26.4. The van der Waals surface area contributed by atoms with E-state index in [4.69, 9.17) is 21.1 Å². The zero-order valence-electron chi connectivity index (χ0n) is 19.3. The number of hydrogen-bond acceptors (Lipinski definition) is 6. The van der Waals surface area contributed by atoms with E-state index in [0.29, 0.717) is 39.3 Å². The Balaban J connectivity index is 1.66. The van der Waals surface area contributed by atoms with Crippen LogP contribution >= 0.6 is 23.4 Å². The van der Waals surface area contributed by atoms with Crippen molar-refractivity contribution >= 4 is 29.3 Å². The molecule has 0 bridgehead atoms. The molecule has 1 N–H and O–H groups in total. The summed E-state index contributed by atoms with van der Waals surface area (Å²) >= 11 is 7.17. The molecule has 0 unspecified atom stereocenters. The lowest BCUT2D eigenvalue weighted by Crippen LogP contribution is -2.34. The molecule has 0 spiro atoms. The van der Waals surface area contributed by atoms with E-state index in [1.54, 1.807) is 47.0 Å². The van der Waals surface area contributed by atoms with Gasteiger partial charge in [-0.3, -0.25) is 9.36 Å². The summed E-state index contributed by atoms with van der Waals surface area (Å²) < 4.78 is 50.3. The highest BCUT2D eigenvalue weighted by atomic mass is 35.5. The van der Waals surface area contributed by atoms with Gasteiger partial charge in [-0.2, -0.15) is 13.2 Å². The summed E-state index contributed by atoms with van der Waals surface area (Å²) in [5.74, 6) is 1.03. The lowest BCUT2D eigenvalue weighted by atomic mass is 10.2. The predicted octanol–water partition coefficient (Wildman–Crippen LogP) is 6.16. The molecular weight excluding hydrogens is 529 g/mol. The zero-order valence-corrected chi connectivity index (χ0v) is 20.9. The van der Waals surface area contributed by atoms with Crippen LogP contribution in [0.5, 0.6) is 17.2 Å². The minimum absolute atomic E-state index is 0.288. The fourth-order valence-corrected chi connectivity index (χ4v) is 4.25. The first-order chi connectivity index (χ1) is 17.7. The van der Waals surface area contributed by atoms with Gasteiger partial charge in [0.2, 0.25) is 5.91 Å². The highest BCUT2D eigenvalue weighted by Crippen LogP contribution is 2.35. The van der Waals surface area contributed by atoms with Crippen LogP contribution in [0.2, 0.25) is 5.02 Å². The molecule has 192 valence electrons. The van der Waals surface area contributed by atoms with E-state index in [1.807, 2.05) is 35.6 Å². The number of hydrogen-bond donors (Lipinski definition) is 1. The van der Waals surface area contributed by atoms with Crippen LogP contribution in [0.3, 0.4) is 0 Å². The first kappa shape index (κ1) is 26.4. The van der Waals surface area contributed by atoms with Gasteiger partial charge in [0.05, 0.1) is 24.1 Å². The number of para-hydroxylation sites is 1. The largest absolute Gasteiger partial charge is 0.496 e. The first-order valence-electron chi connectivity index (χ1n) is 10.8. The van der Waals surface area contributed by atoms with Gasteiger partial charge in [-0.15, -0.1) is 10.2 Å². The average Bonchev–Trinajstić information content (AvgIpc) is 3.30. The summed E-state index contributed by atoms with van der Waals surface area (Å²) in [7, 11) is 1.50. The number of alkyl halides is 3. The number of amides is 1. The third-order valence-corrected chi connectivity index (χ3v) is 6.09. The topological polar surface area (TPSA) is 78.3 Å². The number of nitrogens with one attached hydrogen (secondary N) is 1. The number of thioether (sulfide) groups is 1. The Morgan fingerprint density at radius 1 is 1.03 bits per heavy atom. The molecular formula is C25H20ClF3N4O3S. The molecule has 12 heteroatoms. The second kappa shape index (κ2) is 11.6. The van der Waals surface area contributed by atoms with Gasteiger partial charge < -0.3 is 14.8 Å². The van der Waals surface area contributed by atoms with Gasteiger partial charge in [0.15, 0.2) is 11.0 Å². The number of carbonyl (C=O) groups is 1. The fourth-order valence-electron chi connectivity index (χ4n) is 3.29. The number of halogens is 4. The lowest BCUT2D eigenvalue weighted by Gasteiger charge is -2.14. The molecule has 0 fully saturated rings. The van der Waals surface area contributed by atoms with Gasteiger partial charge >= 0.3 is 6.18 Å². The molecule has 1 amide bonds. The Labute approximate surface area is 219 Å². The molecule has 1 aromatic heterocycles. The van der Waals surface area contributed by atoms with Crippen molar-refractivity contribution in [1.82, 2.24) is 20.1 Å². The maximum atomic E-state index is 12.4. The van der Waals surface area contributed by atoms with E-state index < -0.39 is 18.6 Å². The van der Waals surface area contributed by atoms with Crippen LogP contribution in [-0.4, -0.2) is 46.3 Å². The molecule has 0 radical (unpaired) electrons. The number of rotatable bonds is 9. The Morgan fingerprint density at radius 2 is 1.73 bits per heavy atom. The van der Waals surface area contributed by atoms with Gasteiger partial charge in [0.25, 0.3) is 0 Å². The van der Waals surface area contributed by atoms with Crippen molar-refractivity contribution in [3.63, 3.8) is 0 Å². The Hall–Kier alpha value is -3.70. The molecule has 0 aliphatic rings. The minimum Gasteiger partial charge on any atom is -0.496 e. The highest BCUT2D eigenvalue weighted by Gasteiger charge is 2.28. The van der Waals surface area contributed by atoms with Crippen LogP contribution in [0.15, 0.2) is 78.0 Å². The van der Waals surface area contributed by atoms with Crippen LogP contribution in [0.25, 0.3) is 17.1 Å². The minimum atomic E-state index is -4.50. The van der Waals surface area contributed by atoms with E-state index in [-0.39, 0.29) is 10.9 Å². The summed E-state index contributed by atoms with van der Waals surface area (Å²) in [4.78, 5) is 12.0. The lowest BCUT2D eigenvalue weighted by molar-refractivity contribution is -0.136. The number of benzene rings is 3. The molecule has 4 rings (SSSR count). The summed E-state index contributed by atoms with van der Waals surface area (Å²) in [6, 6.07) is 21.3. The van der Waals surface area contributed by atoms with Crippen molar-refractivity contribution in [2.24, 2.45) is 0 Å². The Morgan fingerprint density at radius 3 is 2.41 bits per heavy atom. The van der Waals surface area contributed by atoms with E-state index in [2.05, 4.69) is 10.2 Å². The third kappa shape index (κ3) is 6.95. The molecule has 0 aliphatic carbocycles. The van der Waals surface area contributed by atoms with Gasteiger partial charge in [-0.1, -0.05) is 41.6 Å². The number of carbonyl (C=O) groups excluding carboxylic acids is 1. The molecule has 0 saturated heterocycles. The number of aromatic nitrogens is 3. The maximum Gasteiger partial charge on any atom is 0.405 e. The van der Waals surface area contributed by atoms with Gasteiger partial charge in [0, 0.05) is 5.02 Å². The second-order valence-corrected chi connectivity index (χ2v) is 8.95. The molecule has 7 nitrogen and oxygen atoms in total. The van der Waals surface area contributed by atoms with Crippen molar-refractivity contribution < 1.29 is 27.4 Å². The van der Waals surface area contributed by atoms with E-state index in [9.17, 15) is 18.0 Å². The van der Waals surface area contributed by atoms with Gasteiger partial charge in [0.1, 0.15) is 23.8 Å². The maximum absolute atomic E-state index is 12.4. The molecule has 3 aromatic carbocycles. The number of methoxy groups -OCH3 is 1. The highest BCUT2D eigenvalue weighted by molar-refractivity contribution is 7.99. The van der Waals surface area contributed by atoms with Crippen molar-refractivity contribution in [2.75, 3.05) is 19.4 Å². The third-order valence-electron chi connectivity index (χ3n) is 4.93. The van der Waals surface area contributed by atoms with Crippen molar-refractivity contribution in [3.8, 4) is 34.3 Å². The van der Waals surface area contributed by atoms with Crippen LogP contribution in [0.4, 0.5) is 13.2 Å². The monoisotopic (exact) mass is 548 g/mol. The van der Waals surface area contributed by atoms with Crippen LogP contribution in [0.1, 0.15) is 0 Å². The average molecular weight is 549 g/mol. The van der Waals surface area contributed by atoms with Crippen LogP contribution in [0, 0.1) is 0 Å². The van der Waals surface area contributed by atoms with Crippen molar-refractivity contribution in [3.05, 3.63) is 77.8 Å². The predicted molar refractivity (Wildman–Crippen MR) is 135 cm³/mol. The molecule has 37 heavy (non-hydrogen) atoms. The molecule has 0 atom stereocenters. The smallest absolute Gasteiger partial charge is 0.405 e. The Bertz CT molecular complexity index is 1370. The quantitative estimate of drug-likeness (QED) is 0.252. The summed E-state index contributed by atoms with van der Waals surface area (Å²) in [6.45, 7) is -1.41. The van der Waals surface area contributed by atoms with Gasteiger partial charge in [-0.25, -0.2) is 0 Å².